The third-order valence-electron chi connectivity index (χ3n) is 5.88. The maximum atomic E-state index is 13.6. The molecule has 0 saturated carbocycles. The number of fused-ring (bicyclic) bond motifs is 1. The van der Waals surface area contributed by atoms with Gasteiger partial charge in [0.15, 0.2) is 0 Å². The van der Waals surface area contributed by atoms with Crippen LogP contribution in [0.3, 0.4) is 0 Å². The molecule has 5 rings (SSSR count). The molecule has 2 aliphatic rings. The molecule has 1 unspecified atom stereocenters. The standard InChI is InChI=1S/C20H20ClN5O/c21-19-22-9-6-17(24-19)25-11-8-20(13-25)7-3-10-26(18(20)27)16-12-23-15-5-2-1-4-14(15)16/h1-2,4-6,9,12,23H,3,7-8,10-11,13H2. The molecule has 2 aliphatic heterocycles. The zero-order chi connectivity index (χ0) is 18.4. The van der Waals surface area contributed by atoms with Crippen LogP contribution < -0.4 is 9.80 Å². The van der Waals surface area contributed by atoms with E-state index < -0.39 is 0 Å². The summed E-state index contributed by atoms with van der Waals surface area (Å²) >= 11 is 5.95. The molecule has 0 aliphatic carbocycles. The molecule has 1 aromatic carbocycles. The van der Waals surface area contributed by atoms with E-state index >= 15 is 0 Å². The van der Waals surface area contributed by atoms with Crippen LogP contribution in [0.2, 0.25) is 5.28 Å². The van der Waals surface area contributed by atoms with Crippen molar-refractivity contribution in [2.45, 2.75) is 19.3 Å². The first-order chi connectivity index (χ1) is 13.2. The number of rotatable bonds is 2. The molecule has 2 aromatic heterocycles. The van der Waals surface area contributed by atoms with Crippen molar-refractivity contribution in [1.29, 1.82) is 0 Å². The Hall–Kier alpha value is -2.60. The summed E-state index contributed by atoms with van der Waals surface area (Å²) in [5.41, 5.74) is 1.69. The van der Waals surface area contributed by atoms with Gasteiger partial charge in [0.1, 0.15) is 5.82 Å². The van der Waals surface area contributed by atoms with Crippen LogP contribution in [0.15, 0.2) is 42.7 Å². The van der Waals surface area contributed by atoms with Crippen molar-refractivity contribution in [2.24, 2.45) is 5.41 Å². The zero-order valence-corrected chi connectivity index (χ0v) is 15.6. The van der Waals surface area contributed by atoms with Crippen LogP contribution in [-0.2, 0) is 4.79 Å². The van der Waals surface area contributed by atoms with Gasteiger partial charge in [0.25, 0.3) is 0 Å². The number of benzene rings is 1. The average Bonchev–Trinajstić information content (AvgIpc) is 3.30. The van der Waals surface area contributed by atoms with Gasteiger partial charge in [-0.25, -0.2) is 9.97 Å². The number of carbonyl (C=O) groups excluding carboxylic acids is 1. The molecule has 6 nitrogen and oxygen atoms in total. The number of H-pyrrole nitrogens is 1. The highest BCUT2D eigenvalue weighted by Gasteiger charge is 2.49. The number of para-hydroxylation sites is 1. The second kappa shape index (κ2) is 6.23. The first-order valence-corrected chi connectivity index (χ1v) is 9.66. The highest BCUT2D eigenvalue weighted by atomic mass is 35.5. The number of amides is 1. The van der Waals surface area contributed by atoms with Gasteiger partial charge in [-0.05, 0) is 43.0 Å². The molecular weight excluding hydrogens is 362 g/mol. The predicted octanol–water partition coefficient (Wildman–Crippen LogP) is 3.63. The molecule has 1 amide bonds. The van der Waals surface area contributed by atoms with Crippen LogP contribution in [0.5, 0.6) is 0 Å². The fourth-order valence-corrected chi connectivity index (χ4v) is 4.67. The molecule has 1 atom stereocenters. The monoisotopic (exact) mass is 381 g/mol. The fraction of sp³-hybridized carbons (Fsp3) is 0.350. The summed E-state index contributed by atoms with van der Waals surface area (Å²) < 4.78 is 0. The number of halogens is 1. The third-order valence-corrected chi connectivity index (χ3v) is 6.07. The Morgan fingerprint density at radius 3 is 2.93 bits per heavy atom. The number of nitrogens with one attached hydrogen (secondary N) is 1. The normalized spacial score (nSPS) is 22.9. The number of piperidine rings is 1. The molecule has 4 heterocycles. The topological polar surface area (TPSA) is 65.1 Å². The number of hydrogen-bond donors (Lipinski definition) is 1. The van der Waals surface area contributed by atoms with Gasteiger partial charge in [-0.3, -0.25) is 4.79 Å². The van der Waals surface area contributed by atoms with E-state index in [1.165, 1.54) is 0 Å². The second-order valence-electron chi connectivity index (χ2n) is 7.42. The first kappa shape index (κ1) is 16.6. The van der Waals surface area contributed by atoms with Gasteiger partial charge in [0, 0.05) is 42.9 Å². The summed E-state index contributed by atoms with van der Waals surface area (Å²) in [6.45, 7) is 2.25. The van der Waals surface area contributed by atoms with Crippen molar-refractivity contribution < 1.29 is 4.79 Å². The van der Waals surface area contributed by atoms with E-state index in [1.807, 2.05) is 35.4 Å². The molecule has 27 heavy (non-hydrogen) atoms. The SMILES string of the molecule is O=C1N(c2c[nH]c3ccccc23)CCCC12CCN(c1ccnc(Cl)n1)C2. The number of hydrogen-bond acceptors (Lipinski definition) is 4. The molecule has 7 heteroatoms. The van der Waals surface area contributed by atoms with E-state index in [1.54, 1.807) is 6.20 Å². The quantitative estimate of drug-likeness (QED) is 0.688. The van der Waals surface area contributed by atoms with Crippen molar-refractivity contribution in [3.63, 3.8) is 0 Å². The minimum absolute atomic E-state index is 0.223. The minimum Gasteiger partial charge on any atom is -0.359 e. The van der Waals surface area contributed by atoms with Crippen LogP contribution in [0.25, 0.3) is 10.9 Å². The van der Waals surface area contributed by atoms with E-state index in [-0.39, 0.29) is 16.6 Å². The van der Waals surface area contributed by atoms with E-state index in [0.29, 0.717) is 6.54 Å². The maximum Gasteiger partial charge on any atom is 0.235 e. The average molecular weight is 382 g/mol. The lowest BCUT2D eigenvalue weighted by Gasteiger charge is -2.39. The van der Waals surface area contributed by atoms with Crippen molar-refractivity contribution in [3.05, 3.63) is 48.0 Å². The smallest absolute Gasteiger partial charge is 0.235 e. The Bertz CT molecular complexity index is 1020. The van der Waals surface area contributed by atoms with Gasteiger partial charge in [-0.15, -0.1) is 0 Å². The van der Waals surface area contributed by atoms with Gasteiger partial charge in [0.2, 0.25) is 11.2 Å². The zero-order valence-electron chi connectivity index (χ0n) is 14.9. The molecule has 0 bridgehead atoms. The van der Waals surface area contributed by atoms with Crippen LogP contribution in [0.1, 0.15) is 19.3 Å². The number of aromatic nitrogens is 3. The third kappa shape index (κ3) is 2.67. The molecule has 138 valence electrons. The van der Waals surface area contributed by atoms with Crippen LogP contribution in [0, 0.1) is 5.41 Å². The minimum atomic E-state index is -0.353. The predicted molar refractivity (Wildman–Crippen MR) is 106 cm³/mol. The van der Waals surface area contributed by atoms with Gasteiger partial charge < -0.3 is 14.8 Å². The summed E-state index contributed by atoms with van der Waals surface area (Å²) in [7, 11) is 0. The number of anilines is 2. The summed E-state index contributed by atoms with van der Waals surface area (Å²) in [4.78, 5) is 29.3. The Kier molecular flexibility index (Phi) is 3.82. The summed E-state index contributed by atoms with van der Waals surface area (Å²) in [5.74, 6) is 1.02. The van der Waals surface area contributed by atoms with E-state index in [9.17, 15) is 4.79 Å². The number of nitrogens with zero attached hydrogens (tertiary/aromatic N) is 4. The fourth-order valence-electron chi connectivity index (χ4n) is 4.53. The van der Waals surface area contributed by atoms with Crippen LogP contribution in [-0.4, -0.2) is 40.5 Å². The van der Waals surface area contributed by atoms with E-state index in [0.717, 1.165) is 54.8 Å². The molecular formula is C20H20ClN5O. The summed E-state index contributed by atoms with van der Waals surface area (Å²) in [5, 5.41) is 1.34. The lowest BCUT2D eigenvalue weighted by Crippen LogP contribution is -2.50. The van der Waals surface area contributed by atoms with Gasteiger partial charge in [-0.1, -0.05) is 18.2 Å². The number of carbonyl (C=O) groups is 1. The van der Waals surface area contributed by atoms with Crippen LogP contribution >= 0.6 is 11.6 Å². The highest BCUT2D eigenvalue weighted by Crippen LogP contribution is 2.43. The Morgan fingerprint density at radius 2 is 2.04 bits per heavy atom. The Labute approximate surface area is 162 Å². The maximum absolute atomic E-state index is 13.6. The van der Waals surface area contributed by atoms with Crippen molar-refractivity contribution in [1.82, 2.24) is 15.0 Å². The van der Waals surface area contributed by atoms with Gasteiger partial charge in [0.05, 0.1) is 11.1 Å². The van der Waals surface area contributed by atoms with Gasteiger partial charge in [-0.2, -0.15) is 0 Å². The lowest BCUT2D eigenvalue weighted by molar-refractivity contribution is -0.129. The largest absolute Gasteiger partial charge is 0.359 e. The number of aromatic amines is 1. The van der Waals surface area contributed by atoms with Crippen LogP contribution in [0.4, 0.5) is 11.5 Å². The van der Waals surface area contributed by atoms with Crippen molar-refractivity contribution >= 4 is 39.9 Å². The van der Waals surface area contributed by atoms with E-state index in [4.69, 9.17) is 11.6 Å². The first-order valence-electron chi connectivity index (χ1n) is 9.28. The molecule has 0 radical (unpaired) electrons. The molecule has 1 spiro atoms. The van der Waals surface area contributed by atoms with Gasteiger partial charge >= 0.3 is 0 Å². The summed E-state index contributed by atoms with van der Waals surface area (Å²) in [6.07, 6.45) is 6.38. The lowest BCUT2D eigenvalue weighted by atomic mass is 9.78. The molecule has 2 fully saturated rings. The molecule has 3 aromatic rings. The molecule has 2 saturated heterocycles. The Balaban J connectivity index is 1.45. The van der Waals surface area contributed by atoms with E-state index in [2.05, 4.69) is 25.9 Å². The van der Waals surface area contributed by atoms with Crippen molar-refractivity contribution in [3.8, 4) is 0 Å². The molecule has 1 N–H and O–H groups in total. The summed E-state index contributed by atoms with van der Waals surface area (Å²) in [6, 6.07) is 9.98. The van der Waals surface area contributed by atoms with Crippen molar-refractivity contribution in [2.75, 3.05) is 29.4 Å². The highest BCUT2D eigenvalue weighted by molar-refractivity contribution is 6.28. The second-order valence-corrected chi connectivity index (χ2v) is 7.75. The Morgan fingerprint density at radius 1 is 1.15 bits per heavy atom.